The zero-order valence-corrected chi connectivity index (χ0v) is 16.8. The van der Waals surface area contributed by atoms with Crippen LogP contribution < -0.4 is 10.1 Å². The Labute approximate surface area is 177 Å². The standard InChI is InChI=1S/C22H23F3N4O2/c23-22(24,25)19-9-15-20(27-12-28-21(15)29-19)26-10-16-14-3-1-2-4-18(14)31-11-17(16)13-5-7-30-8-6-13/h1-4,9,12-13,16-17H,5-8,10-11H2,(H2,26,27,28,29)/t16?,17-/m0/s1. The zero-order valence-electron chi connectivity index (χ0n) is 16.8. The van der Waals surface area contributed by atoms with E-state index in [9.17, 15) is 13.2 Å². The van der Waals surface area contributed by atoms with Gasteiger partial charge in [0, 0.05) is 31.6 Å². The zero-order chi connectivity index (χ0) is 21.4. The quantitative estimate of drug-likeness (QED) is 0.630. The minimum absolute atomic E-state index is 0.152. The Hall–Kier alpha value is -2.81. The lowest BCUT2D eigenvalue weighted by molar-refractivity contribution is -0.140. The number of H-pyrrole nitrogens is 1. The van der Waals surface area contributed by atoms with Gasteiger partial charge in [0.05, 0.1) is 12.0 Å². The number of nitrogens with zero attached hydrogens (tertiary/aromatic N) is 2. The van der Waals surface area contributed by atoms with Gasteiger partial charge >= 0.3 is 6.18 Å². The van der Waals surface area contributed by atoms with Gasteiger partial charge in [-0.05, 0) is 36.5 Å². The average molecular weight is 432 g/mol. The van der Waals surface area contributed by atoms with Gasteiger partial charge in [-0.15, -0.1) is 0 Å². The van der Waals surface area contributed by atoms with Gasteiger partial charge in [0.1, 0.15) is 29.2 Å². The maximum atomic E-state index is 13.1. The second-order valence-corrected chi connectivity index (χ2v) is 8.12. The Morgan fingerprint density at radius 2 is 1.94 bits per heavy atom. The van der Waals surface area contributed by atoms with Crippen LogP contribution in [0.2, 0.25) is 0 Å². The molecule has 1 fully saturated rings. The van der Waals surface area contributed by atoms with Crippen molar-refractivity contribution in [3.05, 3.63) is 47.9 Å². The molecule has 164 valence electrons. The van der Waals surface area contributed by atoms with E-state index in [4.69, 9.17) is 9.47 Å². The average Bonchev–Trinajstić information content (AvgIpc) is 3.24. The van der Waals surface area contributed by atoms with Crippen molar-refractivity contribution in [3.8, 4) is 5.75 Å². The SMILES string of the molecule is FC(F)(F)c1cc2c(NCC3c4ccccc4OC[C@H]3C3CCOCC3)ncnc2[nH]1. The minimum atomic E-state index is -4.47. The van der Waals surface area contributed by atoms with Gasteiger partial charge in [0.25, 0.3) is 0 Å². The van der Waals surface area contributed by atoms with E-state index in [2.05, 4.69) is 26.3 Å². The number of hydrogen-bond donors (Lipinski definition) is 2. The molecule has 31 heavy (non-hydrogen) atoms. The summed E-state index contributed by atoms with van der Waals surface area (Å²) in [6, 6.07) is 9.04. The summed E-state index contributed by atoms with van der Waals surface area (Å²) in [7, 11) is 0. The number of rotatable bonds is 4. The van der Waals surface area contributed by atoms with Crippen LogP contribution in [0, 0.1) is 11.8 Å². The van der Waals surface area contributed by atoms with Crippen molar-refractivity contribution in [2.24, 2.45) is 11.8 Å². The van der Waals surface area contributed by atoms with Crippen molar-refractivity contribution >= 4 is 16.9 Å². The third kappa shape index (κ3) is 3.94. The van der Waals surface area contributed by atoms with Gasteiger partial charge in [-0.3, -0.25) is 0 Å². The Bertz CT molecular complexity index is 1060. The number of alkyl halides is 3. The molecule has 3 aromatic rings. The fraction of sp³-hybridized carbons (Fsp3) is 0.455. The Morgan fingerprint density at radius 1 is 1.13 bits per heavy atom. The van der Waals surface area contributed by atoms with Crippen LogP contribution in [0.15, 0.2) is 36.7 Å². The minimum Gasteiger partial charge on any atom is -0.493 e. The number of aromatic amines is 1. The predicted molar refractivity (Wildman–Crippen MR) is 109 cm³/mol. The van der Waals surface area contributed by atoms with Crippen molar-refractivity contribution in [3.63, 3.8) is 0 Å². The van der Waals surface area contributed by atoms with Gasteiger partial charge in [-0.2, -0.15) is 13.2 Å². The van der Waals surface area contributed by atoms with Crippen molar-refractivity contribution in [1.82, 2.24) is 15.0 Å². The molecule has 1 unspecified atom stereocenters. The Kier molecular flexibility index (Phi) is 5.21. The van der Waals surface area contributed by atoms with Gasteiger partial charge in [0.15, 0.2) is 0 Å². The Morgan fingerprint density at radius 3 is 2.74 bits per heavy atom. The molecule has 2 N–H and O–H groups in total. The molecule has 5 rings (SSSR count). The maximum Gasteiger partial charge on any atom is 0.431 e. The molecule has 2 aliphatic rings. The number of ether oxygens (including phenoxy) is 2. The van der Waals surface area contributed by atoms with Crippen LogP contribution in [0.4, 0.5) is 19.0 Å². The number of nitrogens with one attached hydrogen (secondary N) is 2. The molecule has 2 aliphatic heterocycles. The summed E-state index contributed by atoms with van der Waals surface area (Å²) in [5.41, 5.74) is 0.453. The first-order valence-corrected chi connectivity index (χ1v) is 10.4. The van der Waals surface area contributed by atoms with E-state index in [-0.39, 0.29) is 11.6 Å². The normalized spacial score (nSPS) is 22.2. The highest BCUT2D eigenvalue weighted by atomic mass is 19.4. The van der Waals surface area contributed by atoms with Crippen LogP contribution in [0.1, 0.15) is 30.0 Å². The lowest BCUT2D eigenvalue weighted by Crippen LogP contribution is -2.37. The van der Waals surface area contributed by atoms with Gasteiger partial charge in [-0.25, -0.2) is 9.97 Å². The number of aromatic nitrogens is 3. The fourth-order valence-electron chi connectivity index (χ4n) is 4.76. The van der Waals surface area contributed by atoms with E-state index in [1.165, 1.54) is 6.33 Å². The third-order valence-electron chi connectivity index (χ3n) is 6.36. The fourth-order valence-corrected chi connectivity index (χ4v) is 4.76. The first-order valence-electron chi connectivity index (χ1n) is 10.4. The smallest absolute Gasteiger partial charge is 0.431 e. The second-order valence-electron chi connectivity index (χ2n) is 8.12. The summed E-state index contributed by atoms with van der Waals surface area (Å²) in [6.07, 6.45) is -1.23. The van der Waals surface area contributed by atoms with Crippen LogP contribution >= 0.6 is 0 Å². The summed E-state index contributed by atoms with van der Waals surface area (Å²) in [5.74, 6) is 2.18. The molecule has 0 aliphatic carbocycles. The summed E-state index contributed by atoms with van der Waals surface area (Å²) < 4.78 is 51.0. The molecule has 9 heteroatoms. The molecule has 0 spiro atoms. The lowest BCUT2D eigenvalue weighted by Gasteiger charge is -2.40. The molecule has 4 heterocycles. The van der Waals surface area contributed by atoms with E-state index < -0.39 is 11.9 Å². The summed E-state index contributed by atoms with van der Waals surface area (Å²) in [6.45, 7) is 2.66. The second kappa shape index (κ2) is 8.03. The van der Waals surface area contributed by atoms with E-state index in [0.29, 0.717) is 36.2 Å². The van der Waals surface area contributed by atoms with Crippen LogP contribution in [0.3, 0.4) is 0 Å². The summed E-state index contributed by atoms with van der Waals surface area (Å²) in [4.78, 5) is 10.5. The first kappa shape index (κ1) is 20.1. The lowest BCUT2D eigenvalue weighted by atomic mass is 9.73. The van der Waals surface area contributed by atoms with Crippen LogP contribution in [-0.2, 0) is 10.9 Å². The van der Waals surface area contributed by atoms with E-state index in [1.54, 1.807) is 0 Å². The van der Waals surface area contributed by atoms with Gasteiger partial charge < -0.3 is 19.8 Å². The predicted octanol–water partition coefficient (Wildman–Crippen LogP) is 4.61. The van der Waals surface area contributed by atoms with Crippen molar-refractivity contribution in [2.75, 3.05) is 31.7 Å². The van der Waals surface area contributed by atoms with E-state index >= 15 is 0 Å². The Balaban J connectivity index is 1.44. The molecule has 6 nitrogen and oxygen atoms in total. The molecular weight excluding hydrogens is 409 g/mol. The number of anilines is 1. The van der Waals surface area contributed by atoms with E-state index in [1.807, 2.05) is 18.2 Å². The highest BCUT2D eigenvalue weighted by Crippen LogP contribution is 2.43. The van der Waals surface area contributed by atoms with E-state index in [0.717, 1.165) is 43.4 Å². The van der Waals surface area contributed by atoms with Crippen LogP contribution in [0.25, 0.3) is 11.0 Å². The number of hydrogen-bond acceptors (Lipinski definition) is 5. The van der Waals surface area contributed by atoms with Crippen LogP contribution in [0.5, 0.6) is 5.75 Å². The molecule has 0 radical (unpaired) electrons. The third-order valence-corrected chi connectivity index (χ3v) is 6.36. The van der Waals surface area contributed by atoms with Crippen LogP contribution in [-0.4, -0.2) is 41.3 Å². The topological polar surface area (TPSA) is 72.1 Å². The van der Waals surface area contributed by atoms with Gasteiger partial charge in [-0.1, -0.05) is 18.2 Å². The largest absolute Gasteiger partial charge is 0.493 e. The van der Waals surface area contributed by atoms with Crippen molar-refractivity contribution in [1.29, 1.82) is 0 Å². The highest BCUT2D eigenvalue weighted by Gasteiger charge is 2.37. The molecule has 1 saturated heterocycles. The molecular formula is C22H23F3N4O2. The number of halogens is 3. The molecule has 2 atom stereocenters. The number of fused-ring (bicyclic) bond motifs is 2. The number of benzene rings is 1. The number of para-hydroxylation sites is 1. The first-order chi connectivity index (χ1) is 15.0. The molecule has 2 aromatic heterocycles. The van der Waals surface area contributed by atoms with Gasteiger partial charge in [0.2, 0.25) is 0 Å². The molecule has 1 aromatic carbocycles. The summed E-state index contributed by atoms with van der Waals surface area (Å²) in [5, 5.41) is 3.64. The molecule has 0 amide bonds. The van der Waals surface area contributed by atoms with Crippen molar-refractivity contribution < 1.29 is 22.6 Å². The maximum absolute atomic E-state index is 13.1. The van der Waals surface area contributed by atoms with Crippen molar-refractivity contribution in [2.45, 2.75) is 24.9 Å². The monoisotopic (exact) mass is 432 g/mol. The molecule has 0 bridgehead atoms. The highest BCUT2D eigenvalue weighted by molar-refractivity contribution is 5.87. The molecule has 0 saturated carbocycles. The summed E-state index contributed by atoms with van der Waals surface area (Å²) >= 11 is 0.